The first-order valence-corrected chi connectivity index (χ1v) is 9.67. The molecule has 6 heteroatoms. The lowest BCUT2D eigenvalue weighted by Crippen LogP contribution is -2.10. The summed E-state index contributed by atoms with van der Waals surface area (Å²) in [4.78, 5) is 8.61. The predicted molar refractivity (Wildman–Crippen MR) is 112 cm³/mol. The Morgan fingerprint density at radius 1 is 1.33 bits per heavy atom. The molecule has 0 aliphatic rings. The fourth-order valence-electron chi connectivity index (χ4n) is 2.50. The number of pyridine rings is 2. The van der Waals surface area contributed by atoms with Crippen LogP contribution >= 0.6 is 11.6 Å². The number of hydrogen-bond acceptors (Lipinski definition) is 5. The van der Waals surface area contributed by atoms with Crippen molar-refractivity contribution < 1.29 is 9.84 Å². The van der Waals surface area contributed by atoms with Crippen molar-refractivity contribution in [3.05, 3.63) is 40.7 Å². The Morgan fingerprint density at radius 2 is 2.04 bits per heavy atom. The first-order valence-electron chi connectivity index (χ1n) is 9.29. The summed E-state index contributed by atoms with van der Waals surface area (Å²) in [5.41, 5.74) is 2.34. The van der Waals surface area contributed by atoms with E-state index in [4.69, 9.17) is 26.9 Å². The lowest BCUT2D eigenvalue weighted by atomic mass is 10.1. The zero-order valence-electron chi connectivity index (χ0n) is 16.8. The molecule has 0 aromatic carbocycles. The molecule has 0 bridgehead atoms. The minimum Gasteiger partial charge on any atom is -0.477 e. The van der Waals surface area contributed by atoms with Crippen LogP contribution in [-0.4, -0.2) is 34.0 Å². The summed E-state index contributed by atoms with van der Waals surface area (Å²) in [6, 6.07) is 5.33. The largest absolute Gasteiger partial charge is 0.477 e. The Kier molecular flexibility index (Phi) is 9.97. The van der Waals surface area contributed by atoms with Gasteiger partial charge in [-0.3, -0.25) is 0 Å². The molecule has 2 aromatic heterocycles. The lowest BCUT2D eigenvalue weighted by molar-refractivity contribution is 0.328. The van der Waals surface area contributed by atoms with E-state index in [9.17, 15) is 0 Å². The van der Waals surface area contributed by atoms with Gasteiger partial charge in [-0.25, -0.2) is 9.97 Å². The van der Waals surface area contributed by atoms with E-state index in [1.54, 1.807) is 25.3 Å². The van der Waals surface area contributed by atoms with Crippen molar-refractivity contribution in [2.75, 3.05) is 13.2 Å². The second kappa shape index (κ2) is 11.7. The third kappa shape index (κ3) is 6.92. The maximum atomic E-state index is 9.16. The van der Waals surface area contributed by atoms with E-state index in [-0.39, 0.29) is 12.3 Å². The Morgan fingerprint density at radius 3 is 2.56 bits per heavy atom. The van der Waals surface area contributed by atoms with Crippen LogP contribution in [0.25, 0.3) is 11.3 Å². The Balaban J connectivity index is 0.000000527. The third-order valence-corrected chi connectivity index (χ3v) is 4.24. The van der Waals surface area contributed by atoms with Crippen LogP contribution in [0.1, 0.15) is 51.8 Å². The molecule has 0 spiro atoms. The average molecular weight is 392 g/mol. The van der Waals surface area contributed by atoms with E-state index in [0.29, 0.717) is 40.0 Å². The van der Waals surface area contributed by atoms with Gasteiger partial charge < -0.3 is 15.3 Å². The van der Waals surface area contributed by atoms with Crippen LogP contribution in [0.4, 0.5) is 0 Å². The molecule has 0 aliphatic heterocycles. The summed E-state index contributed by atoms with van der Waals surface area (Å²) in [7, 11) is 0. The number of nitrogens with one attached hydrogen (secondary N) is 1. The molecule has 2 rings (SSSR count). The number of ether oxygens (including phenoxy) is 1. The normalized spacial score (nSPS) is 10.4. The molecule has 0 atom stereocenters. The minimum absolute atomic E-state index is 0.0260. The highest BCUT2D eigenvalue weighted by atomic mass is 35.5. The molecule has 0 amide bonds. The molecule has 0 saturated carbocycles. The quantitative estimate of drug-likeness (QED) is 0.627. The minimum atomic E-state index is -0.390. The van der Waals surface area contributed by atoms with Crippen molar-refractivity contribution >= 4 is 17.3 Å². The first-order chi connectivity index (χ1) is 12.8. The highest BCUT2D eigenvalue weighted by Crippen LogP contribution is 2.30. The summed E-state index contributed by atoms with van der Waals surface area (Å²) in [5, 5.41) is 17.4. The maximum Gasteiger partial charge on any atom is 0.222 e. The summed E-state index contributed by atoms with van der Waals surface area (Å²) in [6.07, 6.45) is 4.35. The molecule has 0 radical (unpaired) electrons. The topological polar surface area (TPSA) is 79.1 Å². The number of halogens is 1. The Hall–Kier alpha value is -1.98. The van der Waals surface area contributed by atoms with Crippen LogP contribution in [0.2, 0.25) is 5.02 Å². The SMILES string of the molecule is CCCC(C)C.CCOc1ncccc1-c1cc(Cl)c(C)c(C(=N)CO)n1. The van der Waals surface area contributed by atoms with Crippen LogP contribution in [0.5, 0.6) is 5.88 Å². The van der Waals surface area contributed by atoms with Gasteiger partial charge in [0.25, 0.3) is 0 Å². The van der Waals surface area contributed by atoms with Crippen LogP contribution in [0.3, 0.4) is 0 Å². The van der Waals surface area contributed by atoms with Gasteiger partial charge in [0.15, 0.2) is 0 Å². The van der Waals surface area contributed by atoms with Crippen molar-refractivity contribution in [3.63, 3.8) is 0 Å². The summed E-state index contributed by atoms with van der Waals surface area (Å²) >= 11 is 6.22. The molecule has 148 valence electrons. The van der Waals surface area contributed by atoms with Gasteiger partial charge in [-0.05, 0) is 43.5 Å². The van der Waals surface area contributed by atoms with Crippen molar-refractivity contribution in [3.8, 4) is 17.1 Å². The fourth-order valence-corrected chi connectivity index (χ4v) is 2.69. The summed E-state index contributed by atoms with van der Waals surface area (Å²) < 4.78 is 5.49. The molecule has 5 nitrogen and oxygen atoms in total. The fraction of sp³-hybridized carbons (Fsp3) is 0.476. The molecular formula is C21H30ClN3O2. The monoisotopic (exact) mass is 391 g/mol. The average Bonchev–Trinajstić information content (AvgIpc) is 2.64. The third-order valence-electron chi connectivity index (χ3n) is 3.85. The van der Waals surface area contributed by atoms with Gasteiger partial charge in [0.05, 0.1) is 35.9 Å². The molecule has 2 aromatic rings. The van der Waals surface area contributed by atoms with E-state index in [2.05, 4.69) is 30.7 Å². The van der Waals surface area contributed by atoms with Crippen molar-refractivity contribution in [1.29, 1.82) is 5.41 Å². The number of aliphatic hydroxyl groups is 1. The van der Waals surface area contributed by atoms with Gasteiger partial charge in [0, 0.05) is 11.2 Å². The van der Waals surface area contributed by atoms with Crippen molar-refractivity contribution in [1.82, 2.24) is 9.97 Å². The number of nitrogens with zero attached hydrogens (tertiary/aromatic N) is 2. The zero-order chi connectivity index (χ0) is 20.4. The van der Waals surface area contributed by atoms with Gasteiger partial charge >= 0.3 is 0 Å². The van der Waals surface area contributed by atoms with E-state index in [1.807, 2.05) is 13.0 Å². The van der Waals surface area contributed by atoms with E-state index in [0.717, 1.165) is 5.92 Å². The highest BCUT2D eigenvalue weighted by molar-refractivity contribution is 6.32. The Bertz CT molecular complexity index is 748. The maximum absolute atomic E-state index is 9.16. The van der Waals surface area contributed by atoms with E-state index >= 15 is 0 Å². The molecule has 0 aliphatic carbocycles. The lowest BCUT2D eigenvalue weighted by Gasteiger charge is -2.12. The molecular weight excluding hydrogens is 362 g/mol. The smallest absolute Gasteiger partial charge is 0.222 e. The van der Waals surface area contributed by atoms with Gasteiger partial charge in [-0.1, -0.05) is 45.2 Å². The highest BCUT2D eigenvalue weighted by Gasteiger charge is 2.15. The molecule has 27 heavy (non-hydrogen) atoms. The molecule has 0 fully saturated rings. The van der Waals surface area contributed by atoms with Crippen LogP contribution in [0.15, 0.2) is 24.4 Å². The number of hydrogen-bond donors (Lipinski definition) is 2. The van der Waals surface area contributed by atoms with Crippen molar-refractivity contribution in [2.24, 2.45) is 5.92 Å². The second-order valence-electron chi connectivity index (χ2n) is 6.57. The first kappa shape index (κ1) is 23.1. The van der Waals surface area contributed by atoms with E-state index < -0.39 is 0 Å². The van der Waals surface area contributed by atoms with Gasteiger partial charge in [0.1, 0.15) is 0 Å². The van der Waals surface area contributed by atoms with Gasteiger partial charge in [-0.2, -0.15) is 0 Å². The Labute approximate surface area is 167 Å². The predicted octanol–water partition coefficient (Wildman–Crippen LogP) is 5.31. The van der Waals surface area contributed by atoms with Crippen LogP contribution < -0.4 is 4.74 Å². The summed E-state index contributed by atoms with van der Waals surface area (Å²) in [5.74, 6) is 1.36. The molecule has 2 heterocycles. The zero-order valence-corrected chi connectivity index (χ0v) is 17.6. The van der Waals surface area contributed by atoms with Crippen molar-refractivity contribution in [2.45, 2.75) is 47.5 Å². The van der Waals surface area contributed by atoms with Crippen LogP contribution in [-0.2, 0) is 0 Å². The molecule has 0 unspecified atom stereocenters. The van der Waals surface area contributed by atoms with Gasteiger partial charge in [0.2, 0.25) is 5.88 Å². The number of aromatic nitrogens is 2. The number of rotatable bonds is 7. The summed E-state index contributed by atoms with van der Waals surface area (Å²) in [6.45, 7) is 10.5. The van der Waals surface area contributed by atoms with Crippen LogP contribution in [0, 0.1) is 18.3 Å². The van der Waals surface area contributed by atoms with E-state index in [1.165, 1.54) is 12.8 Å². The second-order valence-corrected chi connectivity index (χ2v) is 6.98. The number of aliphatic hydroxyl groups excluding tert-OH is 1. The molecule has 2 N–H and O–H groups in total. The standard InChI is InChI=1S/C15H16ClN3O2.C6H14/c1-3-21-15-10(5-4-6-18-15)13-7-11(16)9(2)14(19-13)12(17)8-20;1-4-5-6(2)3/h4-7,17,20H,3,8H2,1-2H3;6H,4-5H2,1-3H3. The van der Waals surface area contributed by atoms with Gasteiger partial charge in [-0.15, -0.1) is 0 Å². The molecule has 0 saturated heterocycles.